The van der Waals surface area contributed by atoms with Gasteiger partial charge in [-0.2, -0.15) is 0 Å². The van der Waals surface area contributed by atoms with Gasteiger partial charge in [0.05, 0.1) is 28.4 Å². The Morgan fingerprint density at radius 3 is 2.06 bits per heavy atom. The minimum Gasteiger partial charge on any atom is -0.493 e. The van der Waals surface area contributed by atoms with Crippen molar-refractivity contribution in [2.75, 3.05) is 55.6 Å². The first kappa shape index (κ1) is 35.4. The molecule has 1 atom stereocenters. The number of methoxy groups -OCH3 is 4. The van der Waals surface area contributed by atoms with E-state index in [9.17, 15) is 9.59 Å². The Morgan fingerprint density at radius 2 is 1.39 bits per heavy atom. The second-order valence-corrected chi connectivity index (χ2v) is 12.0. The molecule has 2 aliphatic rings. The summed E-state index contributed by atoms with van der Waals surface area (Å²) in [6, 6.07) is 18.6. The third-order valence-corrected chi connectivity index (χ3v) is 9.15. The van der Waals surface area contributed by atoms with Gasteiger partial charge in [-0.05, 0) is 91.5 Å². The fourth-order valence-electron chi connectivity index (χ4n) is 6.47. The minimum atomic E-state index is -0.0731. The van der Waals surface area contributed by atoms with Gasteiger partial charge in [-0.25, -0.2) is 0 Å². The van der Waals surface area contributed by atoms with Gasteiger partial charge in [0.15, 0.2) is 34.5 Å². The maximum absolute atomic E-state index is 13.1. The summed E-state index contributed by atoms with van der Waals surface area (Å²) in [5.41, 5.74) is 5.20. The van der Waals surface area contributed by atoms with Gasteiger partial charge in [-0.1, -0.05) is 12.1 Å². The molecular weight excluding hydrogens is 648 g/mol. The smallest absolute Gasteiger partial charge is 0.254 e. The highest BCUT2D eigenvalue weighted by Crippen LogP contribution is 2.51. The number of nitrogens with zero attached hydrogens (tertiary/aromatic N) is 2. The van der Waals surface area contributed by atoms with Crippen molar-refractivity contribution in [2.45, 2.75) is 25.3 Å². The zero-order valence-corrected chi connectivity index (χ0v) is 29.3. The van der Waals surface area contributed by atoms with E-state index in [1.165, 1.54) is 0 Å². The van der Waals surface area contributed by atoms with Gasteiger partial charge < -0.3 is 33.3 Å². The zero-order valence-electron chi connectivity index (χ0n) is 28.5. The predicted octanol–water partition coefficient (Wildman–Crippen LogP) is 6.94. The summed E-state index contributed by atoms with van der Waals surface area (Å²) in [7, 11) is 10.3. The molecule has 0 fully saturated rings. The van der Waals surface area contributed by atoms with Gasteiger partial charge in [0.1, 0.15) is 12.0 Å². The van der Waals surface area contributed by atoms with Crippen LogP contribution in [0.25, 0.3) is 0 Å². The highest BCUT2D eigenvalue weighted by atomic mass is 35.5. The summed E-state index contributed by atoms with van der Waals surface area (Å²) in [4.78, 5) is 28.5. The van der Waals surface area contributed by atoms with E-state index in [0.717, 1.165) is 47.9 Å². The van der Waals surface area contributed by atoms with Crippen molar-refractivity contribution in [3.05, 3.63) is 94.0 Å². The summed E-state index contributed by atoms with van der Waals surface area (Å²) < 4.78 is 35.8. The molecule has 0 N–H and O–H groups in total. The molecule has 10 nitrogen and oxygen atoms in total. The number of ether oxygens (including phenoxy) is 6. The number of likely N-dealkylation sites (N-methyl/N-ethyl adjacent to an activating group) is 2. The van der Waals surface area contributed by atoms with Crippen LogP contribution < -0.4 is 28.4 Å². The molecule has 1 amide bonds. The Bertz CT molecular complexity index is 1850. The molecule has 4 aromatic rings. The molecule has 0 aliphatic carbocycles. The molecule has 258 valence electrons. The van der Waals surface area contributed by atoms with Crippen molar-refractivity contribution in [2.24, 2.45) is 0 Å². The van der Waals surface area contributed by atoms with E-state index < -0.39 is 0 Å². The number of hydrogen-bond acceptors (Lipinski definition) is 9. The van der Waals surface area contributed by atoms with Crippen LogP contribution >= 0.6 is 12.4 Å². The molecular formula is C38H41ClN2O8. The first-order chi connectivity index (χ1) is 23.3. The van der Waals surface area contributed by atoms with Crippen LogP contribution in [-0.4, -0.2) is 77.6 Å². The standard InChI is InChI=1S/C38H40N2O8.ClH/c1-39-15-14-26-20-34(45-5)36(46-6)37(48-33-21-28-25(19-31(33)44-4)13-16-40(2)38(28)42)35(26)29(39)17-23-7-10-27(11-8-23)47-32-18-24(22-41)9-12-30(32)43-3;/h7-12,18-22,29H,13-17H2,1-6H3;1H/t29-;/m0./s1. The average molecular weight is 689 g/mol. The Hall–Kier alpha value is -4.93. The van der Waals surface area contributed by atoms with Crippen LogP contribution in [0.15, 0.2) is 60.7 Å². The third-order valence-electron chi connectivity index (χ3n) is 9.15. The fourth-order valence-corrected chi connectivity index (χ4v) is 6.47. The van der Waals surface area contributed by atoms with E-state index in [2.05, 4.69) is 11.9 Å². The maximum Gasteiger partial charge on any atom is 0.254 e. The summed E-state index contributed by atoms with van der Waals surface area (Å²) >= 11 is 0. The van der Waals surface area contributed by atoms with Crippen LogP contribution in [0.5, 0.6) is 46.0 Å². The van der Waals surface area contributed by atoms with E-state index in [1.807, 2.05) is 36.4 Å². The van der Waals surface area contributed by atoms with Gasteiger partial charge in [-0.15, -0.1) is 12.4 Å². The number of hydrogen-bond donors (Lipinski definition) is 0. The molecule has 0 saturated carbocycles. The molecule has 49 heavy (non-hydrogen) atoms. The summed E-state index contributed by atoms with van der Waals surface area (Å²) in [6.45, 7) is 1.48. The first-order valence-corrected chi connectivity index (χ1v) is 15.8. The number of carbonyl (C=O) groups is 2. The summed E-state index contributed by atoms with van der Waals surface area (Å²) in [5.74, 6) is 4.09. The van der Waals surface area contributed by atoms with Crippen molar-refractivity contribution >= 4 is 24.6 Å². The highest BCUT2D eigenvalue weighted by Gasteiger charge is 2.34. The topological polar surface area (TPSA) is 96.0 Å². The maximum atomic E-state index is 13.1. The summed E-state index contributed by atoms with van der Waals surface area (Å²) in [6.07, 6.45) is 2.97. The molecule has 4 aromatic carbocycles. The number of aldehydes is 1. The Kier molecular flexibility index (Phi) is 10.9. The van der Waals surface area contributed by atoms with E-state index in [0.29, 0.717) is 70.1 Å². The second-order valence-electron chi connectivity index (χ2n) is 12.0. The fraction of sp³-hybridized carbons (Fsp3) is 0.316. The zero-order chi connectivity index (χ0) is 33.9. The molecule has 2 heterocycles. The largest absolute Gasteiger partial charge is 0.493 e. The van der Waals surface area contributed by atoms with Crippen LogP contribution in [-0.2, 0) is 19.3 Å². The molecule has 0 saturated heterocycles. The minimum absolute atomic E-state index is 0. The van der Waals surface area contributed by atoms with Crippen molar-refractivity contribution in [3.63, 3.8) is 0 Å². The van der Waals surface area contributed by atoms with Gasteiger partial charge in [0.25, 0.3) is 5.91 Å². The number of amides is 1. The lowest BCUT2D eigenvalue weighted by atomic mass is 9.87. The molecule has 11 heteroatoms. The molecule has 0 bridgehead atoms. The van der Waals surface area contributed by atoms with Crippen LogP contribution in [0.2, 0.25) is 0 Å². The molecule has 0 unspecified atom stereocenters. The lowest BCUT2D eigenvalue weighted by Crippen LogP contribution is -2.34. The van der Waals surface area contributed by atoms with E-state index in [4.69, 9.17) is 28.4 Å². The monoisotopic (exact) mass is 688 g/mol. The number of halogens is 1. The van der Waals surface area contributed by atoms with Crippen LogP contribution in [0.1, 0.15) is 49.0 Å². The highest BCUT2D eigenvalue weighted by molar-refractivity contribution is 5.97. The quantitative estimate of drug-likeness (QED) is 0.155. The Morgan fingerprint density at radius 1 is 0.714 bits per heavy atom. The normalized spacial score (nSPS) is 15.3. The summed E-state index contributed by atoms with van der Waals surface area (Å²) in [5, 5.41) is 0. The predicted molar refractivity (Wildman–Crippen MR) is 188 cm³/mol. The SMILES string of the molecule is COc1ccc(C=O)cc1Oc1ccc(C[C@H]2c3c(cc(OC)c(OC)c3Oc3cc4c(cc3OC)CCN(C)C4=O)CCN2C)cc1.Cl. The molecule has 0 aromatic heterocycles. The van der Waals surface area contributed by atoms with E-state index >= 15 is 0 Å². The third kappa shape index (κ3) is 6.97. The van der Waals surface area contributed by atoms with Crippen molar-refractivity contribution in [1.82, 2.24) is 9.80 Å². The molecule has 0 spiro atoms. The van der Waals surface area contributed by atoms with E-state index in [1.54, 1.807) is 64.7 Å². The van der Waals surface area contributed by atoms with Crippen LogP contribution in [0.3, 0.4) is 0 Å². The van der Waals surface area contributed by atoms with Crippen molar-refractivity contribution < 1.29 is 38.0 Å². The average Bonchev–Trinajstić information content (AvgIpc) is 3.11. The number of benzene rings is 4. The molecule has 0 radical (unpaired) electrons. The van der Waals surface area contributed by atoms with Gasteiger partial charge in [0, 0.05) is 42.9 Å². The van der Waals surface area contributed by atoms with Gasteiger partial charge in [0.2, 0.25) is 5.75 Å². The van der Waals surface area contributed by atoms with Crippen molar-refractivity contribution in [3.8, 4) is 46.0 Å². The molecule has 2 aliphatic heterocycles. The lowest BCUT2D eigenvalue weighted by Gasteiger charge is -2.37. The lowest BCUT2D eigenvalue weighted by molar-refractivity contribution is 0.0780. The van der Waals surface area contributed by atoms with Crippen LogP contribution in [0.4, 0.5) is 0 Å². The Labute approximate surface area is 292 Å². The van der Waals surface area contributed by atoms with E-state index in [-0.39, 0.29) is 24.4 Å². The van der Waals surface area contributed by atoms with Crippen LogP contribution in [0, 0.1) is 0 Å². The Balaban J connectivity index is 0.00000468. The molecule has 6 rings (SSSR count). The van der Waals surface area contributed by atoms with Gasteiger partial charge in [-0.3, -0.25) is 14.5 Å². The second kappa shape index (κ2) is 15.1. The van der Waals surface area contributed by atoms with Gasteiger partial charge >= 0.3 is 0 Å². The number of fused-ring (bicyclic) bond motifs is 2. The number of rotatable bonds is 11. The van der Waals surface area contributed by atoms with Crippen molar-refractivity contribution in [1.29, 1.82) is 0 Å². The first-order valence-electron chi connectivity index (χ1n) is 15.8. The number of carbonyl (C=O) groups excluding carboxylic acids is 2.